The van der Waals surface area contributed by atoms with Gasteiger partial charge < -0.3 is 9.52 Å². The van der Waals surface area contributed by atoms with Crippen LogP contribution in [-0.4, -0.2) is 34.7 Å². The number of rotatable bonds is 5. The first kappa shape index (κ1) is 15.2. The summed E-state index contributed by atoms with van der Waals surface area (Å²) in [5.41, 5.74) is 0.245. The second kappa shape index (κ2) is 5.30. The number of hydrogen-bond acceptors (Lipinski definition) is 6. The second-order valence-corrected chi connectivity index (χ2v) is 6.11. The maximum atomic E-state index is 12.2. The fourth-order valence-electron chi connectivity index (χ4n) is 1.74. The van der Waals surface area contributed by atoms with E-state index in [0.717, 1.165) is 0 Å². The van der Waals surface area contributed by atoms with Gasteiger partial charge in [-0.15, -0.1) is 0 Å². The number of hydrogen-bond donors (Lipinski definition) is 3. The normalized spacial score (nSPS) is 11.8. The highest BCUT2D eigenvalue weighted by molar-refractivity contribution is 7.89. The van der Waals surface area contributed by atoms with E-state index in [0.29, 0.717) is 11.5 Å². The molecule has 0 bridgehead atoms. The fourth-order valence-corrected chi connectivity index (χ4v) is 3.03. The minimum atomic E-state index is -4.05. The molecule has 0 fully saturated rings. The Bertz CT molecular complexity index is 770. The van der Waals surface area contributed by atoms with Crippen LogP contribution in [0.5, 0.6) is 0 Å². The maximum Gasteiger partial charge on any atom is 0.357 e. The molecule has 0 saturated carbocycles. The standard InChI is InChI=1S/C11H14N4O5S/c1-5-7(3)20-8(13-5)4-12-21(18,19)10-6(2)14-15-9(10)11(16)17/h12H,4H2,1-3H3,(H,14,15)(H,16,17). The van der Waals surface area contributed by atoms with Crippen LogP contribution in [0.3, 0.4) is 0 Å². The molecule has 0 aromatic carbocycles. The van der Waals surface area contributed by atoms with E-state index in [9.17, 15) is 13.2 Å². The predicted octanol–water partition coefficient (Wildman–Crippen LogP) is 0.500. The predicted molar refractivity (Wildman–Crippen MR) is 70.3 cm³/mol. The molecule has 0 radical (unpaired) electrons. The first-order chi connectivity index (χ1) is 9.72. The number of aromatic carboxylic acids is 1. The van der Waals surface area contributed by atoms with Gasteiger partial charge in [-0.3, -0.25) is 5.10 Å². The molecule has 0 unspecified atom stereocenters. The van der Waals surface area contributed by atoms with Crippen molar-refractivity contribution >= 4 is 16.0 Å². The Hall–Kier alpha value is -2.20. The Kier molecular flexibility index (Phi) is 3.83. The van der Waals surface area contributed by atoms with E-state index in [-0.39, 0.29) is 18.1 Å². The van der Waals surface area contributed by atoms with Crippen LogP contribution >= 0.6 is 0 Å². The molecule has 0 aliphatic rings. The SMILES string of the molecule is Cc1nc(CNS(=O)(=O)c2c(C(=O)O)n[nH]c2C)oc1C. The number of aryl methyl sites for hydroxylation is 3. The highest BCUT2D eigenvalue weighted by atomic mass is 32.2. The van der Waals surface area contributed by atoms with Crippen molar-refractivity contribution in [3.8, 4) is 0 Å². The molecule has 114 valence electrons. The van der Waals surface area contributed by atoms with Gasteiger partial charge in [0.15, 0.2) is 5.69 Å². The molecule has 21 heavy (non-hydrogen) atoms. The lowest BCUT2D eigenvalue weighted by Gasteiger charge is -2.04. The molecule has 3 N–H and O–H groups in total. The van der Waals surface area contributed by atoms with E-state index in [1.807, 2.05) is 0 Å². The van der Waals surface area contributed by atoms with Gasteiger partial charge in [0.05, 0.1) is 17.9 Å². The molecular formula is C11H14N4O5S. The summed E-state index contributed by atoms with van der Waals surface area (Å²) in [6.45, 7) is 4.69. The molecule has 0 saturated heterocycles. The average molecular weight is 314 g/mol. The first-order valence-electron chi connectivity index (χ1n) is 5.93. The van der Waals surface area contributed by atoms with Crippen LogP contribution in [0.25, 0.3) is 0 Å². The number of aromatic nitrogens is 3. The van der Waals surface area contributed by atoms with Gasteiger partial charge in [0.25, 0.3) is 0 Å². The van der Waals surface area contributed by atoms with Crippen LogP contribution in [0, 0.1) is 20.8 Å². The fraction of sp³-hybridized carbons (Fsp3) is 0.364. The van der Waals surface area contributed by atoms with Gasteiger partial charge in [0, 0.05) is 0 Å². The summed E-state index contributed by atoms with van der Waals surface area (Å²) in [6.07, 6.45) is 0. The summed E-state index contributed by atoms with van der Waals surface area (Å²) in [5.74, 6) is -0.635. The quantitative estimate of drug-likeness (QED) is 0.730. The number of H-pyrrole nitrogens is 1. The number of carboxylic acid groups (broad SMARTS) is 1. The van der Waals surface area contributed by atoms with Gasteiger partial charge in [-0.2, -0.15) is 5.10 Å². The van der Waals surface area contributed by atoms with Crippen molar-refractivity contribution in [3.05, 3.63) is 28.7 Å². The Morgan fingerprint density at radius 3 is 2.57 bits per heavy atom. The maximum absolute atomic E-state index is 12.2. The molecule has 0 atom stereocenters. The number of nitrogens with zero attached hydrogens (tertiary/aromatic N) is 2. The summed E-state index contributed by atoms with van der Waals surface area (Å²) >= 11 is 0. The van der Waals surface area contributed by atoms with Crippen LogP contribution < -0.4 is 4.72 Å². The van der Waals surface area contributed by atoms with Gasteiger partial charge in [-0.05, 0) is 20.8 Å². The first-order valence-corrected chi connectivity index (χ1v) is 7.41. The largest absolute Gasteiger partial charge is 0.476 e. The Balaban J connectivity index is 2.27. The van der Waals surface area contributed by atoms with Crippen LogP contribution in [0.4, 0.5) is 0 Å². The summed E-state index contributed by atoms with van der Waals surface area (Å²) in [4.78, 5) is 14.6. The number of nitrogens with one attached hydrogen (secondary N) is 2. The van der Waals surface area contributed by atoms with E-state index >= 15 is 0 Å². The van der Waals surface area contributed by atoms with Gasteiger partial charge >= 0.3 is 5.97 Å². The average Bonchev–Trinajstić information content (AvgIpc) is 2.92. The van der Waals surface area contributed by atoms with Crippen LogP contribution in [-0.2, 0) is 16.6 Å². The van der Waals surface area contributed by atoms with E-state index in [2.05, 4.69) is 19.9 Å². The van der Waals surface area contributed by atoms with E-state index in [1.54, 1.807) is 13.8 Å². The molecule has 0 spiro atoms. The van der Waals surface area contributed by atoms with Crippen molar-refractivity contribution in [1.29, 1.82) is 0 Å². The third-order valence-electron chi connectivity index (χ3n) is 2.85. The molecule has 0 amide bonds. The number of carboxylic acids is 1. The number of oxazole rings is 1. The monoisotopic (exact) mass is 314 g/mol. The lowest BCUT2D eigenvalue weighted by molar-refractivity contribution is 0.0686. The molecule has 0 aliphatic heterocycles. The summed E-state index contributed by atoms with van der Waals surface area (Å²) in [7, 11) is -4.05. The molecule has 10 heteroatoms. The molecule has 2 aromatic rings. The van der Waals surface area contributed by atoms with Gasteiger partial charge in [-0.1, -0.05) is 0 Å². The zero-order chi connectivity index (χ0) is 15.8. The Labute approximate surface area is 120 Å². The smallest absolute Gasteiger partial charge is 0.357 e. The highest BCUT2D eigenvalue weighted by Gasteiger charge is 2.28. The molecule has 2 heterocycles. The number of aromatic amines is 1. The Morgan fingerprint density at radius 2 is 2.05 bits per heavy atom. The zero-order valence-electron chi connectivity index (χ0n) is 11.6. The zero-order valence-corrected chi connectivity index (χ0v) is 12.4. The van der Waals surface area contributed by atoms with Crippen LogP contribution in [0.1, 0.15) is 33.5 Å². The summed E-state index contributed by atoms with van der Waals surface area (Å²) in [6, 6.07) is 0. The summed E-state index contributed by atoms with van der Waals surface area (Å²) in [5, 5.41) is 14.8. The van der Waals surface area contributed by atoms with Crippen molar-refractivity contribution < 1.29 is 22.7 Å². The number of sulfonamides is 1. The third kappa shape index (κ3) is 2.95. The third-order valence-corrected chi connectivity index (χ3v) is 4.41. The van der Waals surface area contributed by atoms with E-state index < -0.39 is 26.6 Å². The van der Waals surface area contributed by atoms with Crippen molar-refractivity contribution in [2.24, 2.45) is 0 Å². The number of carbonyl (C=O) groups is 1. The van der Waals surface area contributed by atoms with Gasteiger partial charge in [0.2, 0.25) is 15.9 Å². The van der Waals surface area contributed by atoms with Crippen molar-refractivity contribution in [2.45, 2.75) is 32.2 Å². The molecule has 2 rings (SSSR count). The molecule has 9 nitrogen and oxygen atoms in total. The minimum absolute atomic E-state index is 0.139. The summed E-state index contributed by atoms with van der Waals surface area (Å²) < 4.78 is 31.9. The van der Waals surface area contributed by atoms with E-state index in [1.165, 1.54) is 6.92 Å². The molecule has 0 aliphatic carbocycles. The van der Waals surface area contributed by atoms with Crippen molar-refractivity contribution in [2.75, 3.05) is 0 Å². The van der Waals surface area contributed by atoms with E-state index in [4.69, 9.17) is 9.52 Å². The molecule has 2 aromatic heterocycles. The van der Waals surface area contributed by atoms with Crippen LogP contribution in [0.2, 0.25) is 0 Å². The van der Waals surface area contributed by atoms with Crippen molar-refractivity contribution in [1.82, 2.24) is 19.9 Å². The molecular weight excluding hydrogens is 300 g/mol. The van der Waals surface area contributed by atoms with Crippen LogP contribution in [0.15, 0.2) is 9.31 Å². The van der Waals surface area contributed by atoms with Gasteiger partial charge in [-0.25, -0.2) is 22.9 Å². The second-order valence-electron chi connectivity index (χ2n) is 4.41. The van der Waals surface area contributed by atoms with Gasteiger partial charge in [0.1, 0.15) is 10.7 Å². The lowest BCUT2D eigenvalue weighted by Crippen LogP contribution is -2.25. The minimum Gasteiger partial charge on any atom is -0.476 e. The van der Waals surface area contributed by atoms with Crippen molar-refractivity contribution in [3.63, 3.8) is 0 Å². The Morgan fingerprint density at radius 1 is 1.38 bits per heavy atom. The lowest BCUT2D eigenvalue weighted by atomic mass is 10.4. The highest BCUT2D eigenvalue weighted by Crippen LogP contribution is 2.18. The topological polar surface area (TPSA) is 138 Å².